The molecule has 156 valence electrons. The van der Waals surface area contributed by atoms with Crippen LogP contribution < -0.4 is 0 Å². The predicted octanol–water partition coefficient (Wildman–Crippen LogP) is 6.06. The molecule has 0 spiro atoms. The molecule has 1 saturated carbocycles. The van der Waals surface area contributed by atoms with E-state index in [2.05, 4.69) is 22.3 Å². The summed E-state index contributed by atoms with van der Waals surface area (Å²) in [5.41, 5.74) is 5.93. The maximum atomic E-state index is 12.8. The lowest BCUT2D eigenvalue weighted by Gasteiger charge is -2.25. The minimum Gasteiger partial charge on any atom is -0.240 e. The highest BCUT2D eigenvalue weighted by molar-refractivity contribution is 5.83. The smallest absolute Gasteiger partial charge is 0.240 e. The minimum atomic E-state index is -2.64. The molecule has 5 nitrogen and oxygen atoms in total. The maximum absolute atomic E-state index is 12.8. The number of aromatic nitrogens is 4. The number of nitriles is 1. The van der Waals surface area contributed by atoms with Gasteiger partial charge in [0.2, 0.25) is 0 Å². The van der Waals surface area contributed by atoms with E-state index in [4.69, 9.17) is 0 Å². The lowest BCUT2D eigenvalue weighted by Crippen LogP contribution is -2.12. The number of hydrogen-bond donors (Lipinski definition) is 0. The molecule has 0 atom stereocenters. The number of hydrogen-bond acceptors (Lipinski definition) is 3. The molecule has 3 heterocycles. The fourth-order valence-corrected chi connectivity index (χ4v) is 4.58. The standard InChI is InChI=1S/C24H21F2N5/c25-24(26)31-15-20(13-28-31)17-7-9-19(10-8-17)22-14-29-30-11-1-2-21(23(22)30)18-5-3-16(12-27)4-6-18/h1-2,7-11,13-16,18,24H,3-6H2. The third-order valence-electron chi connectivity index (χ3n) is 6.25. The summed E-state index contributed by atoms with van der Waals surface area (Å²) in [4.78, 5) is 0. The summed E-state index contributed by atoms with van der Waals surface area (Å²) in [5, 5.41) is 17.5. The van der Waals surface area contributed by atoms with Gasteiger partial charge < -0.3 is 0 Å². The average Bonchev–Trinajstić information content (AvgIpc) is 3.47. The highest BCUT2D eigenvalue weighted by atomic mass is 19.3. The van der Waals surface area contributed by atoms with E-state index in [1.54, 1.807) is 0 Å². The number of rotatable bonds is 4. The summed E-state index contributed by atoms with van der Waals surface area (Å²) in [6, 6.07) is 14.4. The number of alkyl halides is 2. The summed E-state index contributed by atoms with van der Waals surface area (Å²) >= 11 is 0. The van der Waals surface area contributed by atoms with Crippen molar-refractivity contribution in [2.75, 3.05) is 0 Å². The molecule has 31 heavy (non-hydrogen) atoms. The molecule has 0 unspecified atom stereocenters. The van der Waals surface area contributed by atoms with Crippen LogP contribution in [0.5, 0.6) is 0 Å². The quantitative estimate of drug-likeness (QED) is 0.406. The van der Waals surface area contributed by atoms with Crippen molar-refractivity contribution < 1.29 is 8.78 Å². The van der Waals surface area contributed by atoms with Gasteiger partial charge in [0.25, 0.3) is 0 Å². The van der Waals surface area contributed by atoms with Crippen LogP contribution in [0, 0.1) is 17.2 Å². The van der Waals surface area contributed by atoms with Gasteiger partial charge in [-0.15, -0.1) is 0 Å². The van der Waals surface area contributed by atoms with Crippen molar-refractivity contribution >= 4 is 5.52 Å². The Hall–Kier alpha value is -3.53. The van der Waals surface area contributed by atoms with Crippen molar-refractivity contribution in [1.82, 2.24) is 19.4 Å². The number of pyridine rings is 1. The second-order valence-electron chi connectivity index (χ2n) is 8.06. The van der Waals surface area contributed by atoms with Crippen molar-refractivity contribution in [1.29, 1.82) is 5.26 Å². The SMILES string of the molecule is N#CC1CCC(c2cccn3ncc(-c4ccc(-c5cnn(C(F)F)c5)cc4)c23)CC1. The molecule has 7 heteroatoms. The van der Waals surface area contributed by atoms with Crippen molar-refractivity contribution in [2.45, 2.75) is 38.2 Å². The monoisotopic (exact) mass is 417 g/mol. The molecule has 4 aromatic rings. The zero-order chi connectivity index (χ0) is 21.4. The third kappa shape index (κ3) is 3.59. The Morgan fingerprint density at radius 1 is 0.935 bits per heavy atom. The minimum absolute atomic E-state index is 0.169. The normalized spacial score (nSPS) is 19.0. The van der Waals surface area contributed by atoms with Gasteiger partial charge in [0.1, 0.15) is 0 Å². The first kappa shape index (κ1) is 19.4. The summed E-state index contributed by atoms with van der Waals surface area (Å²) in [7, 11) is 0. The lowest BCUT2D eigenvalue weighted by molar-refractivity contribution is 0.0566. The van der Waals surface area contributed by atoms with E-state index in [0.29, 0.717) is 16.2 Å². The molecule has 1 fully saturated rings. The van der Waals surface area contributed by atoms with Crippen molar-refractivity contribution in [3.63, 3.8) is 0 Å². The van der Waals surface area contributed by atoms with Crippen LogP contribution in [-0.2, 0) is 0 Å². The summed E-state index contributed by atoms with van der Waals surface area (Å²) < 4.78 is 28.2. The summed E-state index contributed by atoms with van der Waals surface area (Å²) in [5.74, 6) is 0.588. The Kier molecular flexibility index (Phi) is 4.99. The van der Waals surface area contributed by atoms with Crippen molar-refractivity contribution in [3.8, 4) is 28.3 Å². The first-order valence-corrected chi connectivity index (χ1v) is 10.4. The highest BCUT2D eigenvalue weighted by Crippen LogP contribution is 2.39. The zero-order valence-corrected chi connectivity index (χ0v) is 16.8. The highest BCUT2D eigenvalue weighted by Gasteiger charge is 2.25. The first-order valence-electron chi connectivity index (χ1n) is 10.4. The number of fused-ring (bicyclic) bond motifs is 1. The Balaban J connectivity index is 1.48. The van der Waals surface area contributed by atoms with E-state index in [9.17, 15) is 14.0 Å². The largest absolute Gasteiger partial charge is 0.333 e. The third-order valence-corrected chi connectivity index (χ3v) is 6.25. The molecule has 0 amide bonds. The fraction of sp³-hybridized carbons (Fsp3) is 0.292. The second kappa shape index (κ2) is 7.95. The molecule has 1 aliphatic carbocycles. The Bertz CT molecular complexity index is 1240. The van der Waals surface area contributed by atoms with Crippen LogP contribution in [0.25, 0.3) is 27.8 Å². The molecule has 0 N–H and O–H groups in total. The number of halogens is 2. The molecule has 5 rings (SSSR count). The molecule has 0 bridgehead atoms. The van der Waals surface area contributed by atoms with Gasteiger partial charge in [-0.25, -0.2) is 9.20 Å². The van der Waals surface area contributed by atoms with Crippen LogP contribution in [0.3, 0.4) is 0 Å². The van der Waals surface area contributed by atoms with Crippen LogP contribution in [0.1, 0.15) is 43.7 Å². The van der Waals surface area contributed by atoms with Crippen LogP contribution in [0.15, 0.2) is 61.2 Å². The van der Waals surface area contributed by atoms with Gasteiger partial charge >= 0.3 is 6.55 Å². The summed E-state index contributed by atoms with van der Waals surface area (Å²) in [6.07, 6.45) is 10.5. The molecule has 1 aromatic carbocycles. The van der Waals surface area contributed by atoms with Gasteiger partial charge in [-0.3, -0.25) is 0 Å². The molecule has 0 saturated heterocycles. The van der Waals surface area contributed by atoms with Crippen LogP contribution >= 0.6 is 0 Å². The second-order valence-corrected chi connectivity index (χ2v) is 8.06. The van der Waals surface area contributed by atoms with E-state index in [1.165, 1.54) is 18.0 Å². The topological polar surface area (TPSA) is 58.9 Å². The van der Waals surface area contributed by atoms with E-state index in [1.807, 2.05) is 47.2 Å². The van der Waals surface area contributed by atoms with E-state index in [-0.39, 0.29) is 5.92 Å². The van der Waals surface area contributed by atoms with Crippen molar-refractivity contribution in [2.24, 2.45) is 5.92 Å². The van der Waals surface area contributed by atoms with Gasteiger partial charge in [-0.2, -0.15) is 24.2 Å². The van der Waals surface area contributed by atoms with E-state index < -0.39 is 6.55 Å². The predicted molar refractivity (Wildman–Crippen MR) is 113 cm³/mol. The van der Waals surface area contributed by atoms with Crippen LogP contribution in [0.2, 0.25) is 0 Å². The van der Waals surface area contributed by atoms with E-state index in [0.717, 1.165) is 47.9 Å². The van der Waals surface area contributed by atoms with Gasteiger partial charge in [0.05, 0.1) is 24.0 Å². The molecule has 3 aromatic heterocycles. The fourth-order valence-electron chi connectivity index (χ4n) is 4.58. The Morgan fingerprint density at radius 2 is 1.68 bits per heavy atom. The van der Waals surface area contributed by atoms with Crippen molar-refractivity contribution in [3.05, 3.63) is 66.7 Å². The van der Waals surface area contributed by atoms with Crippen LogP contribution in [-0.4, -0.2) is 19.4 Å². The zero-order valence-electron chi connectivity index (χ0n) is 16.8. The number of benzene rings is 1. The summed E-state index contributed by atoms with van der Waals surface area (Å²) in [6.45, 7) is -2.64. The number of nitrogens with zero attached hydrogens (tertiary/aromatic N) is 5. The van der Waals surface area contributed by atoms with E-state index >= 15 is 0 Å². The average molecular weight is 417 g/mol. The van der Waals surface area contributed by atoms with Gasteiger partial charge in [0, 0.05) is 29.4 Å². The maximum Gasteiger partial charge on any atom is 0.333 e. The lowest BCUT2D eigenvalue weighted by atomic mass is 9.78. The van der Waals surface area contributed by atoms with Gasteiger partial charge in [0.15, 0.2) is 0 Å². The van der Waals surface area contributed by atoms with Gasteiger partial charge in [-0.1, -0.05) is 30.3 Å². The molecule has 1 aliphatic rings. The Labute approximate surface area is 178 Å². The molecular formula is C24H21F2N5. The first-order chi connectivity index (χ1) is 15.1. The van der Waals surface area contributed by atoms with Crippen LogP contribution in [0.4, 0.5) is 8.78 Å². The Morgan fingerprint density at radius 3 is 2.35 bits per heavy atom. The molecule has 0 radical (unpaired) electrons. The van der Waals surface area contributed by atoms with Gasteiger partial charge in [-0.05, 0) is 54.4 Å². The molecule has 0 aliphatic heterocycles. The molecular weight excluding hydrogens is 396 g/mol.